The summed E-state index contributed by atoms with van der Waals surface area (Å²) in [5.74, 6) is -0.760. The second-order valence-corrected chi connectivity index (χ2v) is 5.42. The topological polar surface area (TPSA) is 75.6 Å². The number of aliphatic hydroxyl groups is 1. The molecule has 1 atom stereocenters. The summed E-state index contributed by atoms with van der Waals surface area (Å²) >= 11 is 1.43. The number of esters is 1. The van der Waals surface area contributed by atoms with Crippen molar-refractivity contribution in [2.45, 2.75) is 24.8 Å². The number of hydrogen-bond donors (Lipinski definition) is 2. The van der Waals surface area contributed by atoms with Gasteiger partial charge in [0.25, 0.3) is 0 Å². The molecule has 2 N–H and O–H groups in total. The van der Waals surface area contributed by atoms with Crippen LogP contribution in [0.3, 0.4) is 0 Å². The predicted octanol–water partition coefficient (Wildman–Crippen LogP) is 1.05. The molecule has 0 spiro atoms. The van der Waals surface area contributed by atoms with Gasteiger partial charge in [-0.25, -0.2) is 4.79 Å². The van der Waals surface area contributed by atoms with E-state index in [0.717, 1.165) is 16.0 Å². The smallest absolute Gasteiger partial charge is 0.336 e. The minimum Gasteiger partial charge on any atom is -0.467 e. The normalized spacial score (nSPS) is 11.8. The Morgan fingerprint density at radius 1 is 1.40 bits per heavy atom. The molecule has 0 saturated carbocycles. The number of aliphatic hydroxyl groups excluding tert-OH is 1. The highest BCUT2D eigenvalue weighted by molar-refractivity contribution is 8.00. The number of amides is 1. The molecule has 0 aliphatic rings. The molecule has 1 amide bonds. The van der Waals surface area contributed by atoms with E-state index >= 15 is 0 Å². The summed E-state index contributed by atoms with van der Waals surface area (Å²) in [4.78, 5) is 23.6. The average Bonchev–Trinajstić information content (AvgIpc) is 2.44. The zero-order chi connectivity index (χ0) is 15.1. The van der Waals surface area contributed by atoms with Gasteiger partial charge in [-0.05, 0) is 25.5 Å². The van der Waals surface area contributed by atoms with E-state index in [-0.39, 0.29) is 18.2 Å². The van der Waals surface area contributed by atoms with Gasteiger partial charge in [0.1, 0.15) is 0 Å². The minimum absolute atomic E-state index is 0.140. The maximum Gasteiger partial charge on any atom is 0.336 e. The van der Waals surface area contributed by atoms with Gasteiger partial charge < -0.3 is 15.2 Å². The van der Waals surface area contributed by atoms with Gasteiger partial charge in [-0.15, -0.1) is 11.8 Å². The molecular weight excluding hydrogens is 278 g/mol. The van der Waals surface area contributed by atoms with Crippen LogP contribution in [0.4, 0.5) is 0 Å². The fourth-order valence-corrected chi connectivity index (χ4v) is 2.44. The number of benzene rings is 1. The van der Waals surface area contributed by atoms with Crippen molar-refractivity contribution < 1.29 is 19.4 Å². The lowest BCUT2D eigenvalue weighted by Crippen LogP contribution is -2.37. The van der Waals surface area contributed by atoms with Crippen molar-refractivity contribution in [2.24, 2.45) is 0 Å². The quantitative estimate of drug-likeness (QED) is 0.606. The van der Waals surface area contributed by atoms with Crippen LogP contribution in [0.1, 0.15) is 11.1 Å². The molecule has 0 bridgehead atoms. The number of nitrogens with one attached hydrogen (secondary N) is 1. The van der Waals surface area contributed by atoms with E-state index in [4.69, 9.17) is 0 Å². The highest BCUT2D eigenvalue weighted by Crippen LogP contribution is 2.23. The van der Waals surface area contributed by atoms with Crippen molar-refractivity contribution in [2.75, 3.05) is 19.4 Å². The van der Waals surface area contributed by atoms with Gasteiger partial charge in [0.2, 0.25) is 5.91 Å². The molecule has 0 aliphatic heterocycles. The Morgan fingerprint density at radius 2 is 2.10 bits per heavy atom. The summed E-state index contributed by atoms with van der Waals surface area (Å²) in [6, 6.07) is 6.05. The Kier molecular flexibility index (Phi) is 6.54. The fourth-order valence-electron chi connectivity index (χ4n) is 1.49. The van der Waals surface area contributed by atoms with Crippen molar-refractivity contribution in [3.05, 3.63) is 29.3 Å². The van der Waals surface area contributed by atoms with Crippen LogP contribution in [0.2, 0.25) is 0 Å². The van der Waals surface area contributed by atoms with E-state index in [1.807, 2.05) is 32.0 Å². The Morgan fingerprint density at radius 3 is 2.75 bits per heavy atom. The van der Waals surface area contributed by atoms with E-state index in [2.05, 4.69) is 10.1 Å². The van der Waals surface area contributed by atoms with Crippen LogP contribution in [-0.2, 0) is 14.3 Å². The van der Waals surface area contributed by atoms with Crippen molar-refractivity contribution in [3.63, 3.8) is 0 Å². The third-order valence-electron chi connectivity index (χ3n) is 2.67. The van der Waals surface area contributed by atoms with E-state index in [1.54, 1.807) is 0 Å². The molecule has 6 heteroatoms. The summed E-state index contributed by atoms with van der Waals surface area (Å²) < 4.78 is 4.36. The molecule has 1 aromatic carbocycles. The molecule has 1 aromatic rings. The number of thioether (sulfide) groups is 1. The first-order chi connectivity index (χ1) is 9.43. The highest BCUT2D eigenvalue weighted by atomic mass is 32.2. The van der Waals surface area contributed by atoms with Crippen LogP contribution in [0.15, 0.2) is 23.1 Å². The molecule has 0 heterocycles. The Labute approximate surface area is 122 Å². The number of carbonyl (C=O) groups is 2. The van der Waals surface area contributed by atoms with Crippen LogP contribution in [-0.4, -0.2) is 42.5 Å². The fraction of sp³-hybridized carbons (Fsp3) is 0.429. The van der Waals surface area contributed by atoms with Crippen molar-refractivity contribution >= 4 is 23.6 Å². The lowest BCUT2D eigenvalue weighted by Gasteiger charge is -2.10. The molecule has 0 aromatic heterocycles. The molecule has 1 unspecified atom stereocenters. The summed E-state index contributed by atoms with van der Waals surface area (Å²) in [7, 11) is 1.18. The van der Waals surface area contributed by atoms with Gasteiger partial charge in [-0.2, -0.15) is 0 Å². The number of aryl methyl sites for hydroxylation is 2. The standard InChI is InChI=1S/C14H19NO4S/c1-9-4-5-10(2)12(6-9)20-8-13(17)15-7-11(16)14(18)19-3/h4-6,11,16H,7-8H2,1-3H3,(H,15,17). The van der Waals surface area contributed by atoms with Gasteiger partial charge in [0.05, 0.1) is 19.4 Å². The number of rotatable bonds is 6. The number of carbonyl (C=O) groups excluding carboxylic acids is 2. The second-order valence-electron chi connectivity index (χ2n) is 4.40. The van der Waals surface area contributed by atoms with E-state index in [0.29, 0.717) is 0 Å². The largest absolute Gasteiger partial charge is 0.467 e. The molecule has 5 nitrogen and oxygen atoms in total. The third-order valence-corrected chi connectivity index (χ3v) is 3.83. The van der Waals surface area contributed by atoms with Crippen LogP contribution in [0.5, 0.6) is 0 Å². The maximum absolute atomic E-state index is 11.6. The van der Waals surface area contributed by atoms with Gasteiger partial charge in [-0.3, -0.25) is 4.79 Å². The molecule has 110 valence electrons. The Bertz CT molecular complexity index is 490. The van der Waals surface area contributed by atoms with Crippen molar-refractivity contribution in [1.82, 2.24) is 5.32 Å². The van der Waals surface area contributed by atoms with E-state index in [9.17, 15) is 14.7 Å². The SMILES string of the molecule is COC(=O)C(O)CNC(=O)CSc1cc(C)ccc1C. The monoisotopic (exact) mass is 297 g/mol. The molecule has 1 rings (SSSR count). The highest BCUT2D eigenvalue weighted by Gasteiger charge is 2.16. The predicted molar refractivity (Wildman–Crippen MR) is 77.7 cm³/mol. The number of methoxy groups -OCH3 is 1. The lowest BCUT2D eigenvalue weighted by molar-refractivity contribution is -0.150. The third kappa shape index (κ3) is 5.22. The average molecular weight is 297 g/mol. The Balaban J connectivity index is 2.40. The van der Waals surface area contributed by atoms with E-state index in [1.165, 1.54) is 18.9 Å². The molecule has 0 fully saturated rings. The van der Waals surface area contributed by atoms with Crippen LogP contribution >= 0.6 is 11.8 Å². The summed E-state index contributed by atoms with van der Waals surface area (Å²) in [6.07, 6.45) is -1.32. The second kappa shape index (κ2) is 7.91. The zero-order valence-corrected chi connectivity index (χ0v) is 12.6. The summed E-state index contributed by atoms with van der Waals surface area (Å²) in [5.41, 5.74) is 2.25. The van der Waals surface area contributed by atoms with Crippen LogP contribution in [0, 0.1) is 13.8 Å². The first kappa shape index (κ1) is 16.5. The first-order valence-electron chi connectivity index (χ1n) is 6.16. The summed E-state index contributed by atoms with van der Waals surface area (Å²) in [6.45, 7) is 3.84. The molecule has 0 radical (unpaired) electrons. The van der Waals surface area contributed by atoms with E-state index < -0.39 is 12.1 Å². The first-order valence-corrected chi connectivity index (χ1v) is 7.15. The van der Waals surface area contributed by atoms with Gasteiger partial charge >= 0.3 is 5.97 Å². The van der Waals surface area contributed by atoms with Crippen LogP contribution in [0.25, 0.3) is 0 Å². The molecule has 0 saturated heterocycles. The number of ether oxygens (including phenoxy) is 1. The Hall–Kier alpha value is -1.53. The molecule has 0 aliphatic carbocycles. The summed E-state index contributed by atoms with van der Waals surface area (Å²) in [5, 5.41) is 11.8. The molecule has 20 heavy (non-hydrogen) atoms. The lowest BCUT2D eigenvalue weighted by atomic mass is 10.2. The van der Waals surface area contributed by atoms with Gasteiger partial charge in [0.15, 0.2) is 6.10 Å². The van der Waals surface area contributed by atoms with Crippen molar-refractivity contribution in [3.8, 4) is 0 Å². The zero-order valence-electron chi connectivity index (χ0n) is 11.8. The van der Waals surface area contributed by atoms with Gasteiger partial charge in [0, 0.05) is 4.90 Å². The van der Waals surface area contributed by atoms with Crippen molar-refractivity contribution in [1.29, 1.82) is 0 Å². The molecular formula is C14H19NO4S. The minimum atomic E-state index is -1.32. The number of hydrogen-bond acceptors (Lipinski definition) is 5. The maximum atomic E-state index is 11.6. The van der Waals surface area contributed by atoms with Gasteiger partial charge in [-0.1, -0.05) is 17.7 Å². The van der Waals surface area contributed by atoms with Crippen LogP contribution < -0.4 is 5.32 Å².